The molecule has 0 saturated carbocycles. The first kappa shape index (κ1) is 38.5. The Labute approximate surface area is 299 Å². The van der Waals surface area contributed by atoms with E-state index in [1.54, 1.807) is 18.2 Å². The Kier molecular flexibility index (Phi) is 12.1. The first-order valence-corrected chi connectivity index (χ1v) is 16.3. The monoisotopic (exact) mass is 732 g/mol. The number of ether oxygens (including phenoxy) is 8. The van der Waals surface area contributed by atoms with Crippen molar-refractivity contribution in [3.63, 3.8) is 0 Å². The van der Waals surface area contributed by atoms with Crippen molar-refractivity contribution in [1.82, 2.24) is 0 Å². The summed E-state index contributed by atoms with van der Waals surface area (Å²) in [5, 5.41) is 75.1. The highest BCUT2D eigenvalue weighted by molar-refractivity contribution is 5.92. The number of esters is 1. The van der Waals surface area contributed by atoms with Crippen LogP contribution in [0.2, 0.25) is 0 Å². The third-order valence-electron chi connectivity index (χ3n) is 9.61. The molecule has 2 aliphatic rings. The van der Waals surface area contributed by atoms with Gasteiger partial charge in [-0.3, -0.25) is 0 Å². The largest absolute Gasteiger partial charge is 0.507 e. The second-order valence-electron chi connectivity index (χ2n) is 12.4. The van der Waals surface area contributed by atoms with Crippen molar-refractivity contribution in [3.05, 3.63) is 58.7 Å². The number of hydrogen-bond acceptors (Lipinski definition) is 16. The number of rotatable bonds is 13. The van der Waals surface area contributed by atoms with Gasteiger partial charge in [-0.1, -0.05) is 0 Å². The third kappa shape index (κ3) is 7.30. The number of phenols is 3. The van der Waals surface area contributed by atoms with Gasteiger partial charge in [-0.05, 0) is 65.8 Å². The number of phenolic OH excluding ortho intramolecular Hbond substituents is 3. The lowest BCUT2D eigenvalue weighted by Crippen LogP contribution is -2.59. The zero-order chi connectivity index (χ0) is 37.9. The van der Waals surface area contributed by atoms with Crippen LogP contribution in [0.15, 0.2) is 36.4 Å². The van der Waals surface area contributed by atoms with E-state index in [1.807, 2.05) is 0 Å². The van der Waals surface area contributed by atoms with E-state index >= 15 is 0 Å². The van der Waals surface area contributed by atoms with Gasteiger partial charge < -0.3 is 73.6 Å². The van der Waals surface area contributed by atoms with Crippen LogP contribution in [0.25, 0.3) is 0 Å². The molecule has 0 aromatic heterocycles. The number of fused-ring (bicyclic) bond motifs is 1. The zero-order valence-corrected chi connectivity index (χ0v) is 29.2. The van der Waals surface area contributed by atoms with E-state index in [0.717, 1.165) is 0 Å². The molecule has 0 bridgehead atoms. The molecule has 0 unspecified atom stereocenters. The average molecular weight is 733 g/mol. The maximum atomic E-state index is 12.8. The summed E-state index contributed by atoms with van der Waals surface area (Å²) in [6.07, 6.45) is -7.86. The van der Waals surface area contributed by atoms with Gasteiger partial charge in [0.2, 0.25) is 11.5 Å². The van der Waals surface area contributed by atoms with E-state index in [-0.39, 0.29) is 71.2 Å². The highest BCUT2D eigenvalue weighted by Gasteiger charge is 2.47. The molecule has 7 N–H and O–H groups in total. The summed E-state index contributed by atoms with van der Waals surface area (Å²) in [5.74, 6) is -3.04. The number of aromatic hydroxyl groups is 3. The van der Waals surface area contributed by atoms with Gasteiger partial charge in [0.25, 0.3) is 0 Å². The molecule has 1 saturated heterocycles. The van der Waals surface area contributed by atoms with Crippen molar-refractivity contribution in [2.45, 2.75) is 43.0 Å². The van der Waals surface area contributed by atoms with Crippen LogP contribution in [0.3, 0.4) is 0 Å². The number of carbonyl (C=O) groups is 1. The van der Waals surface area contributed by atoms with Gasteiger partial charge in [-0.2, -0.15) is 0 Å². The summed E-state index contributed by atoms with van der Waals surface area (Å²) in [7, 11) is 6.91. The molecule has 1 fully saturated rings. The third-order valence-corrected chi connectivity index (χ3v) is 9.61. The van der Waals surface area contributed by atoms with E-state index < -0.39 is 61.0 Å². The molecule has 1 aliphatic carbocycles. The van der Waals surface area contributed by atoms with Gasteiger partial charge in [-0.25, -0.2) is 4.79 Å². The first-order valence-electron chi connectivity index (χ1n) is 16.3. The van der Waals surface area contributed by atoms with E-state index in [1.165, 1.54) is 53.7 Å². The van der Waals surface area contributed by atoms with Crippen molar-refractivity contribution in [2.75, 3.05) is 55.4 Å². The Morgan fingerprint density at radius 3 is 2.04 bits per heavy atom. The van der Waals surface area contributed by atoms with Gasteiger partial charge in [0.05, 0.1) is 42.2 Å². The summed E-state index contributed by atoms with van der Waals surface area (Å²) in [6.45, 7) is -1.15. The topological polar surface area (TPSA) is 233 Å². The maximum Gasteiger partial charge on any atom is 0.342 e. The van der Waals surface area contributed by atoms with Gasteiger partial charge >= 0.3 is 5.97 Å². The van der Waals surface area contributed by atoms with Gasteiger partial charge in [0.15, 0.2) is 29.3 Å². The van der Waals surface area contributed by atoms with Gasteiger partial charge in [0, 0.05) is 18.1 Å². The SMILES string of the molecule is COc1ccc(O)c(C(=O)OC[C@H]2O[C@@H](OC[C@H]3[C@H](CO)Cc4cc(OC)c(O)c(OC)c4[C@@H]3c3cc(OC)c(O)c(OC)c3)[C@H](O)[C@@H](O)[C@@H]2O)c1. The van der Waals surface area contributed by atoms with E-state index in [0.29, 0.717) is 16.7 Å². The van der Waals surface area contributed by atoms with Crippen molar-refractivity contribution < 1.29 is 78.4 Å². The second-order valence-corrected chi connectivity index (χ2v) is 12.4. The van der Waals surface area contributed by atoms with Crippen LogP contribution in [0.1, 0.15) is 33.0 Å². The van der Waals surface area contributed by atoms with Crippen LogP contribution >= 0.6 is 0 Å². The van der Waals surface area contributed by atoms with Crippen LogP contribution in [-0.2, 0) is 20.6 Å². The molecule has 1 aliphatic heterocycles. The summed E-state index contributed by atoms with van der Waals surface area (Å²) in [4.78, 5) is 12.8. The van der Waals surface area contributed by atoms with E-state index in [9.17, 15) is 40.5 Å². The predicted molar refractivity (Wildman–Crippen MR) is 180 cm³/mol. The summed E-state index contributed by atoms with van der Waals surface area (Å²) in [6, 6.07) is 8.77. The quantitative estimate of drug-likeness (QED) is 0.123. The summed E-state index contributed by atoms with van der Waals surface area (Å²) in [5.41, 5.74) is 1.53. The Morgan fingerprint density at radius 2 is 1.44 bits per heavy atom. The van der Waals surface area contributed by atoms with Crippen molar-refractivity contribution in [3.8, 4) is 46.0 Å². The maximum absolute atomic E-state index is 12.8. The van der Waals surface area contributed by atoms with Crippen LogP contribution in [0.4, 0.5) is 0 Å². The van der Waals surface area contributed by atoms with E-state index in [4.69, 9.17) is 37.9 Å². The standard InChI is InChI=1S/C36H44O16/c1-45-19-6-7-22(38)20(12-19)35(44)50-15-26-30(40)32(42)33(43)36(52-26)51-14-21-18(13-37)8-16-9-25(48-4)31(41)34(49-5)28(16)27(21)17-10-23(46-2)29(39)24(11-17)47-3/h6-7,9-12,18,21,26-27,30,32-33,36-43H,8,13-15H2,1-5H3/t18-,21-,26+,27+,30+,32-,33+,36+/m0/s1. The molecular weight excluding hydrogens is 688 g/mol. The lowest BCUT2D eigenvalue weighted by Gasteiger charge is -2.43. The van der Waals surface area contributed by atoms with Crippen molar-refractivity contribution in [1.29, 1.82) is 0 Å². The number of carbonyl (C=O) groups excluding carboxylic acids is 1. The highest BCUT2D eigenvalue weighted by Crippen LogP contribution is 2.54. The molecule has 5 rings (SSSR count). The molecule has 1 heterocycles. The zero-order valence-electron chi connectivity index (χ0n) is 29.2. The number of hydrogen-bond donors (Lipinski definition) is 7. The van der Waals surface area contributed by atoms with Crippen molar-refractivity contribution in [2.24, 2.45) is 11.8 Å². The lowest BCUT2D eigenvalue weighted by molar-refractivity contribution is -0.304. The molecule has 0 spiro atoms. The number of benzene rings is 3. The molecule has 3 aromatic rings. The van der Waals surface area contributed by atoms with Crippen LogP contribution in [0.5, 0.6) is 46.0 Å². The Hall–Kier alpha value is -4.71. The molecule has 0 amide bonds. The molecular formula is C36H44O16. The molecule has 16 heteroatoms. The molecule has 52 heavy (non-hydrogen) atoms. The van der Waals surface area contributed by atoms with Gasteiger partial charge in [0.1, 0.15) is 48.1 Å². The van der Waals surface area contributed by atoms with Crippen LogP contribution < -0.4 is 23.7 Å². The number of aliphatic hydroxyl groups is 4. The minimum Gasteiger partial charge on any atom is -0.507 e. The Morgan fingerprint density at radius 1 is 0.788 bits per heavy atom. The molecule has 3 aromatic carbocycles. The minimum absolute atomic E-state index is 0.0844. The summed E-state index contributed by atoms with van der Waals surface area (Å²) < 4.78 is 44.3. The van der Waals surface area contributed by atoms with Crippen molar-refractivity contribution >= 4 is 5.97 Å². The lowest BCUT2D eigenvalue weighted by atomic mass is 9.66. The molecule has 284 valence electrons. The fourth-order valence-corrected chi connectivity index (χ4v) is 6.86. The molecule has 8 atom stereocenters. The molecule has 16 nitrogen and oxygen atoms in total. The van der Waals surface area contributed by atoms with Gasteiger partial charge in [-0.15, -0.1) is 0 Å². The first-order chi connectivity index (χ1) is 24.9. The van der Waals surface area contributed by atoms with Crippen LogP contribution in [0, 0.1) is 11.8 Å². The second kappa shape index (κ2) is 16.3. The highest BCUT2D eigenvalue weighted by atomic mass is 16.7. The minimum atomic E-state index is -1.78. The number of methoxy groups -OCH3 is 5. The smallest absolute Gasteiger partial charge is 0.342 e. The predicted octanol–water partition coefficient (Wildman–Crippen LogP) is 1.44. The Balaban J connectivity index is 1.47. The van der Waals surface area contributed by atoms with E-state index in [2.05, 4.69) is 0 Å². The average Bonchev–Trinajstić information content (AvgIpc) is 3.15. The Bertz CT molecular complexity index is 1700. The van der Waals surface area contributed by atoms with Crippen LogP contribution in [-0.4, -0.2) is 128 Å². The normalized spacial score (nSPS) is 25.5. The number of aliphatic hydroxyl groups excluding tert-OH is 4. The molecule has 0 radical (unpaired) electrons. The fourth-order valence-electron chi connectivity index (χ4n) is 6.86. The fraction of sp³-hybridized carbons (Fsp3) is 0.472. The summed E-state index contributed by atoms with van der Waals surface area (Å²) >= 11 is 0.